The third kappa shape index (κ3) is 3.53. The van der Waals surface area contributed by atoms with E-state index in [1.54, 1.807) is 12.4 Å². The summed E-state index contributed by atoms with van der Waals surface area (Å²) >= 11 is 1.86. The maximum Gasteiger partial charge on any atom is 0.263 e. The zero-order valence-corrected chi connectivity index (χ0v) is 17.6. The summed E-state index contributed by atoms with van der Waals surface area (Å²) in [6, 6.07) is 3.80. The van der Waals surface area contributed by atoms with Crippen molar-refractivity contribution in [3.63, 3.8) is 0 Å². The molecule has 3 aliphatic rings. The van der Waals surface area contributed by atoms with Gasteiger partial charge in [-0.05, 0) is 31.4 Å². The number of carbonyl (C=O) groups excluding carboxylic acids is 1. The largest absolute Gasteiger partial charge is 0.348 e. The summed E-state index contributed by atoms with van der Waals surface area (Å²) in [4.78, 5) is 38.0. The zero-order chi connectivity index (χ0) is 20.0. The van der Waals surface area contributed by atoms with Gasteiger partial charge in [0.25, 0.3) is 11.5 Å². The second kappa shape index (κ2) is 7.65. The summed E-state index contributed by atoms with van der Waals surface area (Å²) in [7, 11) is 0. The van der Waals surface area contributed by atoms with Crippen LogP contribution >= 0.6 is 11.8 Å². The highest BCUT2D eigenvalue weighted by atomic mass is 32.2. The lowest BCUT2D eigenvalue weighted by Gasteiger charge is -2.42. The number of amides is 1. The van der Waals surface area contributed by atoms with Gasteiger partial charge >= 0.3 is 0 Å². The van der Waals surface area contributed by atoms with Gasteiger partial charge in [0.2, 0.25) is 0 Å². The topological polar surface area (TPSA) is 74.2 Å². The number of pyridine rings is 1. The molecule has 154 valence electrons. The maximum atomic E-state index is 13.2. The Balaban J connectivity index is 1.38. The van der Waals surface area contributed by atoms with E-state index in [4.69, 9.17) is 0 Å². The average molecular weight is 414 g/mol. The molecule has 2 bridgehead atoms. The molecule has 0 radical (unpaired) electrons. The van der Waals surface area contributed by atoms with Gasteiger partial charge in [-0.1, -0.05) is 0 Å². The minimum Gasteiger partial charge on any atom is -0.348 e. The summed E-state index contributed by atoms with van der Waals surface area (Å²) in [6.45, 7) is 6.97. The number of aromatic nitrogens is 3. The Morgan fingerprint density at radius 2 is 2.07 bits per heavy atom. The molecule has 0 spiro atoms. The van der Waals surface area contributed by atoms with Crippen molar-refractivity contribution in [2.75, 3.05) is 37.7 Å². The van der Waals surface area contributed by atoms with E-state index in [2.05, 4.69) is 21.8 Å². The van der Waals surface area contributed by atoms with Crippen LogP contribution in [0.3, 0.4) is 0 Å². The fourth-order valence-corrected chi connectivity index (χ4v) is 5.94. The van der Waals surface area contributed by atoms with Gasteiger partial charge in [-0.15, -0.1) is 0 Å². The zero-order valence-electron chi connectivity index (χ0n) is 16.8. The predicted octanol–water partition coefficient (Wildman–Crippen LogP) is 1.69. The number of hydrogen-bond donors (Lipinski definition) is 1. The van der Waals surface area contributed by atoms with Crippen molar-refractivity contribution in [3.8, 4) is 0 Å². The summed E-state index contributed by atoms with van der Waals surface area (Å²) in [6.07, 6.45) is 2.87. The first-order valence-electron chi connectivity index (χ1n) is 10.4. The first kappa shape index (κ1) is 18.9. The number of rotatable bonds is 3. The maximum absolute atomic E-state index is 13.2. The van der Waals surface area contributed by atoms with Crippen molar-refractivity contribution in [2.24, 2.45) is 5.92 Å². The number of piperidine rings is 1. The lowest BCUT2D eigenvalue weighted by Crippen LogP contribution is -2.48. The number of likely N-dealkylation sites (tertiary alicyclic amines) is 1. The van der Waals surface area contributed by atoms with E-state index >= 15 is 0 Å². The second-order valence-corrected chi connectivity index (χ2v) is 9.68. The lowest BCUT2D eigenvalue weighted by molar-refractivity contribution is 0.0767. The van der Waals surface area contributed by atoms with Crippen LogP contribution in [0.25, 0.3) is 0 Å². The minimum atomic E-state index is -0.100. The summed E-state index contributed by atoms with van der Waals surface area (Å²) in [5.74, 6) is 2.58. The third-order valence-corrected chi connectivity index (χ3v) is 7.46. The van der Waals surface area contributed by atoms with Gasteiger partial charge in [0, 0.05) is 68.1 Å². The number of nitrogens with zero attached hydrogens (tertiary/aromatic N) is 4. The van der Waals surface area contributed by atoms with Gasteiger partial charge in [-0.3, -0.25) is 14.5 Å². The Labute approximate surface area is 174 Å². The van der Waals surface area contributed by atoms with E-state index in [-0.39, 0.29) is 11.5 Å². The molecule has 2 atom stereocenters. The molecule has 0 aliphatic carbocycles. The van der Waals surface area contributed by atoms with E-state index in [0.29, 0.717) is 23.9 Å². The molecule has 2 aromatic heterocycles. The second-order valence-electron chi connectivity index (χ2n) is 8.46. The van der Waals surface area contributed by atoms with Crippen molar-refractivity contribution in [3.05, 3.63) is 51.5 Å². The molecular weight excluding hydrogens is 386 g/mol. The van der Waals surface area contributed by atoms with Crippen LogP contribution in [0.2, 0.25) is 0 Å². The highest BCUT2D eigenvalue weighted by Crippen LogP contribution is 2.35. The van der Waals surface area contributed by atoms with Gasteiger partial charge in [0.1, 0.15) is 5.56 Å². The molecule has 2 fully saturated rings. The Kier molecular flexibility index (Phi) is 4.99. The number of hydrogen-bond acceptors (Lipinski definition) is 5. The van der Waals surface area contributed by atoms with Crippen LogP contribution in [-0.2, 0) is 13.1 Å². The van der Waals surface area contributed by atoms with E-state index in [1.807, 2.05) is 27.3 Å². The Morgan fingerprint density at radius 1 is 1.24 bits per heavy atom. The summed E-state index contributed by atoms with van der Waals surface area (Å²) in [5, 5.41) is 0. The first-order chi connectivity index (χ1) is 14.1. The lowest BCUT2D eigenvalue weighted by atomic mass is 9.83. The van der Waals surface area contributed by atoms with Crippen LogP contribution in [-0.4, -0.2) is 67.9 Å². The van der Waals surface area contributed by atoms with Crippen molar-refractivity contribution >= 4 is 17.7 Å². The number of aromatic amines is 1. The molecule has 5 heterocycles. The first-order valence-corrected chi connectivity index (χ1v) is 11.6. The van der Waals surface area contributed by atoms with Crippen LogP contribution in [0.15, 0.2) is 23.3 Å². The van der Waals surface area contributed by atoms with Crippen molar-refractivity contribution in [1.82, 2.24) is 24.3 Å². The van der Waals surface area contributed by atoms with Gasteiger partial charge in [-0.25, -0.2) is 4.98 Å². The highest BCUT2D eigenvalue weighted by Gasteiger charge is 2.36. The molecule has 5 rings (SSSR count). The highest BCUT2D eigenvalue weighted by molar-refractivity contribution is 7.99. The number of H-pyrrole nitrogens is 1. The van der Waals surface area contributed by atoms with Crippen molar-refractivity contribution in [1.29, 1.82) is 0 Å². The molecule has 0 unspecified atom stereocenters. The SMILES string of the molecule is Cc1[nH]cnc1CN1C[C@@H]2C[C@H](C1)c1ccc(C(=O)N3CCSCC3)c(=O)n1C2. The molecular formula is C21H27N5O2S. The standard InChI is InChI=1S/C21H27N5O2S/c1-14-18(23-13-22-14)12-24-9-15-8-16(11-24)19-3-2-17(21(28)26(19)10-15)20(27)25-4-6-29-7-5-25/h2-3,13,15-16H,4-12H2,1H3,(H,22,23)/t15-,16+/m0/s1. The molecule has 0 aromatic carbocycles. The normalized spacial score (nSPS) is 24.4. The number of carbonyl (C=O) groups is 1. The Morgan fingerprint density at radius 3 is 2.83 bits per heavy atom. The van der Waals surface area contributed by atoms with Gasteiger partial charge in [0.15, 0.2) is 0 Å². The summed E-state index contributed by atoms with van der Waals surface area (Å²) < 4.78 is 1.89. The average Bonchev–Trinajstić information content (AvgIpc) is 3.13. The van der Waals surface area contributed by atoms with Crippen LogP contribution in [0.5, 0.6) is 0 Å². The molecule has 29 heavy (non-hydrogen) atoms. The van der Waals surface area contributed by atoms with Crippen LogP contribution in [0.4, 0.5) is 0 Å². The smallest absolute Gasteiger partial charge is 0.263 e. The van der Waals surface area contributed by atoms with Crippen LogP contribution in [0, 0.1) is 12.8 Å². The summed E-state index contributed by atoms with van der Waals surface area (Å²) in [5.41, 5.74) is 3.54. The van der Waals surface area contributed by atoms with E-state index in [9.17, 15) is 9.59 Å². The number of aryl methyl sites for hydroxylation is 1. The number of nitrogens with one attached hydrogen (secondary N) is 1. The van der Waals surface area contributed by atoms with Gasteiger partial charge in [0.05, 0.1) is 12.0 Å². The number of fused-ring (bicyclic) bond motifs is 4. The van der Waals surface area contributed by atoms with Crippen molar-refractivity contribution < 1.29 is 4.79 Å². The molecule has 8 heteroatoms. The fraction of sp³-hybridized carbons (Fsp3) is 0.571. The molecule has 1 N–H and O–H groups in total. The van der Waals surface area contributed by atoms with Crippen molar-refractivity contribution in [2.45, 2.75) is 32.4 Å². The third-order valence-electron chi connectivity index (χ3n) is 6.52. The van der Waals surface area contributed by atoms with Crippen LogP contribution in [0.1, 0.15) is 39.8 Å². The Hall–Kier alpha value is -2.06. The van der Waals surface area contributed by atoms with Gasteiger partial charge in [-0.2, -0.15) is 11.8 Å². The monoisotopic (exact) mass is 413 g/mol. The number of thioether (sulfide) groups is 1. The molecule has 0 saturated carbocycles. The van der Waals surface area contributed by atoms with E-state index in [1.165, 1.54) is 0 Å². The Bertz CT molecular complexity index is 978. The molecule has 7 nitrogen and oxygen atoms in total. The molecule has 2 saturated heterocycles. The van der Waals surface area contributed by atoms with Crippen LogP contribution < -0.4 is 5.56 Å². The molecule has 3 aliphatic heterocycles. The number of imidazole rings is 1. The quantitative estimate of drug-likeness (QED) is 0.829. The minimum absolute atomic E-state index is 0.1000. The molecule has 2 aromatic rings. The fourth-order valence-electron chi connectivity index (χ4n) is 5.03. The van der Waals surface area contributed by atoms with E-state index < -0.39 is 0 Å². The van der Waals surface area contributed by atoms with Gasteiger partial charge < -0.3 is 14.5 Å². The molecule has 1 amide bonds. The van der Waals surface area contributed by atoms with E-state index in [0.717, 1.165) is 67.7 Å². The predicted molar refractivity (Wildman–Crippen MR) is 113 cm³/mol.